The van der Waals surface area contributed by atoms with Gasteiger partial charge in [0.1, 0.15) is 17.7 Å². The molecule has 1 aliphatic rings. The van der Waals surface area contributed by atoms with Crippen molar-refractivity contribution >= 4 is 67.7 Å². The summed E-state index contributed by atoms with van der Waals surface area (Å²) in [4.78, 5) is 29.0. The summed E-state index contributed by atoms with van der Waals surface area (Å²) in [6.45, 7) is 14.2. The Morgan fingerprint density at radius 2 is 1.49 bits per heavy atom. The highest BCUT2D eigenvalue weighted by molar-refractivity contribution is 7.92. The predicted molar refractivity (Wildman–Crippen MR) is 190 cm³/mol. The molecule has 2 aromatic carbocycles. The van der Waals surface area contributed by atoms with E-state index in [-0.39, 0.29) is 26.7 Å². The van der Waals surface area contributed by atoms with E-state index in [1.54, 1.807) is 43.9 Å². The van der Waals surface area contributed by atoms with Crippen molar-refractivity contribution in [1.29, 1.82) is 0 Å². The summed E-state index contributed by atoms with van der Waals surface area (Å²) in [6.07, 6.45) is 1.50. The standard InChI is InChI=1S/C34H40Cl2N6O6S/c1-22-16-29(39-12-14-40(15-13-39)32(44)48-34(5,6)7)37-38-31(22)41-11-10-23-17-26(8-9-28(23)41)42(21-30(43)47-33(2,3)4)49(45,46)27-19-24(35)18-25(36)20-27/h8-11,16-20H,12-15,21H2,1-7H3. The van der Waals surface area contributed by atoms with E-state index < -0.39 is 33.7 Å². The molecule has 1 saturated heterocycles. The molecule has 0 aliphatic carbocycles. The molecular weight excluding hydrogens is 691 g/mol. The number of hydrogen-bond acceptors (Lipinski definition) is 9. The first-order valence-corrected chi connectivity index (χ1v) is 17.9. The van der Waals surface area contributed by atoms with Gasteiger partial charge < -0.3 is 19.3 Å². The fourth-order valence-electron chi connectivity index (χ4n) is 5.38. The molecule has 15 heteroatoms. The number of rotatable bonds is 7. The van der Waals surface area contributed by atoms with E-state index in [1.807, 2.05) is 50.6 Å². The third kappa shape index (κ3) is 8.57. The summed E-state index contributed by atoms with van der Waals surface area (Å²) < 4.78 is 41.8. The number of carbonyl (C=O) groups excluding carboxylic acids is 2. The van der Waals surface area contributed by atoms with E-state index in [0.717, 1.165) is 15.4 Å². The number of aromatic nitrogens is 3. The largest absolute Gasteiger partial charge is 0.459 e. The minimum absolute atomic E-state index is 0.140. The van der Waals surface area contributed by atoms with Crippen LogP contribution < -0.4 is 9.21 Å². The number of nitrogens with zero attached hydrogens (tertiary/aromatic N) is 6. The molecule has 262 valence electrons. The van der Waals surface area contributed by atoms with Crippen LogP contribution in [0.5, 0.6) is 0 Å². The lowest BCUT2D eigenvalue weighted by Gasteiger charge is -2.36. The molecule has 0 N–H and O–H groups in total. The average molecular weight is 732 g/mol. The van der Waals surface area contributed by atoms with Gasteiger partial charge in [-0.2, -0.15) is 0 Å². The lowest BCUT2D eigenvalue weighted by molar-refractivity contribution is -0.152. The van der Waals surface area contributed by atoms with Crippen LogP contribution in [0.2, 0.25) is 10.0 Å². The van der Waals surface area contributed by atoms with Gasteiger partial charge in [-0.15, -0.1) is 10.2 Å². The lowest BCUT2D eigenvalue weighted by Crippen LogP contribution is -2.50. The second kappa shape index (κ2) is 13.7. The number of piperazine rings is 1. The molecule has 1 aliphatic heterocycles. The maximum atomic E-state index is 14.0. The van der Waals surface area contributed by atoms with E-state index in [0.29, 0.717) is 43.2 Å². The van der Waals surface area contributed by atoms with Crippen LogP contribution in [0.25, 0.3) is 16.7 Å². The molecule has 0 radical (unpaired) electrons. The van der Waals surface area contributed by atoms with E-state index in [2.05, 4.69) is 15.1 Å². The van der Waals surface area contributed by atoms with E-state index in [9.17, 15) is 18.0 Å². The van der Waals surface area contributed by atoms with Crippen LogP contribution in [-0.4, -0.2) is 84.1 Å². The van der Waals surface area contributed by atoms with Crippen LogP contribution in [0.1, 0.15) is 47.1 Å². The number of amides is 1. The van der Waals surface area contributed by atoms with Gasteiger partial charge in [0.15, 0.2) is 11.6 Å². The quantitative estimate of drug-likeness (QED) is 0.193. The van der Waals surface area contributed by atoms with Crippen LogP contribution in [-0.2, 0) is 24.3 Å². The highest BCUT2D eigenvalue weighted by atomic mass is 35.5. The second-order valence-corrected chi connectivity index (χ2v) is 16.5. The van der Waals surface area contributed by atoms with Gasteiger partial charge in [-0.1, -0.05) is 23.2 Å². The molecule has 0 saturated carbocycles. The molecule has 0 bridgehead atoms. The van der Waals surface area contributed by atoms with Crippen LogP contribution in [0, 0.1) is 6.92 Å². The Morgan fingerprint density at radius 1 is 0.857 bits per heavy atom. The van der Waals surface area contributed by atoms with Gasteiger partial charge in [0.05, 0.1) is 16.1 Å². The Kier molecular flexibility index (Phi) is 10.1. The molecule has 5 rings (SSSR count). The van der Waals surface area contributed by atoms with Crippen LogP contribution in [0.3, 0.4) is 0 Å². The summed E-state index contributed by atoms with van der Waals surface area (Å²) in [6, 6.07) is 12.8. The third-order valence-electron chi connectivity index (χ3n) is 7.51. The molecule has 0 atom stereocenters. The maximum absolute atomic E-state index is 14.0. The Balaban J connectivity index is 1.41. The number of ether oxygens (including phenoxy) is 2. The van der Waals surface area contributed by atoms with Crippen molar-refractivity contribution in [3.63, 3.8) is 0 Å². The molecule has 12 nitrogen and oxygen atoms in total. The van der Waals surface area contributed by atoms with Crippen molar-refractivity contribution in [3.05, 3.63) is 70.3 Å². The van der Waals surface area contributed by atoms with Gasteiger partial charge in [-0.3, -0.25) is 13.7 Å². The average Bonchev–Trinajstić information content (AvgIpc) is 3.40. The highest BCUT2D eigenvalue weighted by Crippen LogP contribution is 2.32. The van der Waals surface area contributed by atoms with Crippen molar-refractivity contribution in [2.24, 2.45) is 0 Å². The summed E-state index contributed by atoms with van der Waals surface area (Å²) in [5.41, 5.74) is 0.486. The molecule has 1 fully saturated rings. The molecule has 2 aromatic heterocycles. The van der Waals surface area contributed by atoms with Gasteiger partial charge in [-0.05, 0) is 103 Å². The first-order valence-electron chi connectivity index (χ1n) is 15.7. The minimum Gasteiger partial charge on any atom is -0.459 e. The highest BCUT2D eigenvalue weighted by Gasteiger charge is 2.31. The van der Waals surface area contributed by atoms with Gasteiger partial charge in [0.2, 0.25) is 0 Å². The molecule has 0 spiro atoms. The monoisotopic (exact) mass is 730 g/mol. The van der Waals surface area contributed by atoms with Crippen molar-refractivity contribution < 1.29 is 27.5 Å². The Bertz CT molecular complexity index is 1980. The van der Waals surface area contributed by atoms with Crippen molar-refractivity contribution in [3.8, 4) is 5.82 Å². The Labute approximate surface area is 296 Å². The zero-order valence-electron chi connectivity index (χ0n) is 28.5. The van der Waals surface area contributed by atoms with Gasteiger partial charge in [0.25, 0.3) is 10.0 Å². The van der Waals surface area contributed by atoms with Crippen molar-refractivity contribution in [2.75, 3.05) is 41.9 Å². The first-order chi connectivity index (χ1) is 22.8. The number of hydrogen-bond donors (Lipinski definition) is 0. The van der Waals surface area contributed by atoms with Crippen LogP contribution in [0.15, 0.2) is 59.6 Å². The molecule has 1 amide bonds. The lowest BCUT2D eigenvalue weighted by atomic mass is 10.2. The molecule has 3 heterocycles. The molecule has 0 unspecified atom stereocenters. The second-order valence-electron chi connectivity index (χ2n) is 13.8. The summed E-state index contributed by atoms with van der Waals surface area (Å²) >= 11 is 12.3. The van der Waals surface area contributed by atoms with E-state index in [1.165, 1.54) is 18.2 Å². The van der Waals surface area contributed by atoms with E-state index >= 15 is 0 Å². The van der Waals surface area contributed by atoms with Crippen LogP contribution in [0.4, 0.5) is 16.3 Å². The normalized spacial score (nSPS) is 14.2. The SMILES string of the molecule is Cc1cc(N2CCN(C(=O)OC(C)(C)C)CC2)nnc1-n1ccc2cc(N(CC(=O)OC(C)(C)C)S(=O)(=O)c3cc(Cl)cc(Cl)c3)ccc21. The van der Waals surface area contributed by atoms with Crippen molar-refractivity contribution in [2.45, 2.75) is 64.6 Å². The number of benzene rings is 2. The number of halogens is 2. The van der Waals surface area contributed by atoms with Gasteiger partial charge in [-0.25, -0.2) is 13.2 Å². The smallest absolute Gasteiger partial charge is 0.410 e. The summed E-state index contributed by atoms with van der Waals surface area (Å²) in [5, 5.41) is 10.0. The third-order valence-corrected chi connectivity index (χ3v) is 9.70. The molecule has 49 heavy (non-hydrogen) atoms. The number of esters is 1. The fraction of sp³-hybridized carbons (Fsp3) is 0.412. The first kappa shape index (κ1) is 36.2. The molecular formula is C34H40Cl2N6O6S. The fourth-order valence-corrected chi connectivity index (χ4v) is 7.51. The summed E-state index contributed by atoms with van der Waals surface area (Å²) in [5.74, 6) is 0.581. The Morgan fingerprint density at radius 3 is 2.08 bits per heavy atom. The van der Waals surface area contributed by atoms with E-state index in [4.69, 9.17) is 32.7 Å². The Hall–Kier alpha value is -4.07. The van der Waals surface area contributed by atoms with Gasteiger partial charge >= 0.3 is 12.1 Å². The number of carbonyl (C=O) groups is 2. The predicted octanol–water partition coefficient (Wildman–Crippen LogP) is 6.63. The number of anilines is 2. The van der Waals surface area contributed by atoms with Crippen molar-refractivity contribution in [1.82, 2.24) is 19.7 Å². The number of fused-ring (bicyclic) bond motifs is 1. The van der Waals surface area contributed by atoms with Gasteiger partial charge in [0, 0.05) is 47.8 Å². The minimum atomic E-state index is -4.30. The zero-order chi connectivity index (χ0) is 35.9. The maximum Gasteiger partial charge on any atom is 0.410 e. The zero-order valence-corrected chi connectivity index (χ0v) is 30.9. The topological polar surface area (TPSA) is 127 Å². The number of aryl methyl sites for hydroxylation is 1. The summed E-state index contributed by atoms with van der Waals surface area (Å²) in [7, 11) is -4.30. The molecule has 4 aromatic rings. The number of sulfonamides is 1. The van der Waals surface area contributed by atoms with Crippen LogP contribution >= 0.6 is 23.2 Å².